The van der Waals surface area contributed by atoms with Crippen LogP contribution in [0.25, 0.3) is 0 Å². The number of rotatable bonds is 6. The maximum absolute atomic E-state index is 11.1. The van der Waals surface area contributed by atoms with E-state index in [2.05, 4.69) is 31.9 Å². The van der Waals surface area contributed by atoms with Gasteiger partial charge in [0.25, 0.3) is 0 Å². The van der Waals surface area contributed by atoms with Gasteiger partial charge >= 0.3 is 7.60 Å². The van der Waals surface area contributed by atoms with Gasteiger partial charge in [-0.1, -0.05) is 26.0 Å². The Morgan fingerprint density at radius 2 is 1.67 bits per heavy atom. The molecule has 0 aliphatic carbocycles. The van der Waals surface area contributed by atoms with Crippen LogP contribution >= 0.6 is 39.5 Å². The fourth-order valence-corrected chi connectivity index (χ4v) is 4.57. The highest BCUT2D eigenvalue weighted by molar-refractivity contribution is 9.11. The summed E-state index contributed by atoms with van der Waals surface area (Å²) in [6.07, 6.45) is -0.0220. The van der Waals surface area contributed by atoms with Crippen LogP contribution in [0.3, 0.4) is 0 Å². The van der Waals surface area contributed by atoms with Crippen LogP contribution in [0.5, 0.6) is 11.5 Å². The molecule has 27 heavy (non-hydrogen) atoms. The van der Waals surface area contributed by atoms with Crippen LogP contribution in [0.15, 0.2) is 27.1 Å². The molecule has 8 heteroatoms. The molecule has 148 valence electrons. The van der Waals surface area contributed by atoms with Crippen LogP contribution in [0, 0.1) is 13.8 Å². The average molecular weight is 522 g/mol. The second kappa shape index (κ2) is 8.66. The summed E-state index contributed by atoms with van der Waals surface area (Å²) in [5.41, 5.74) is 4.94. The molecule has 0 aliphatic heterocycles. The maximum atomic E-state index is 11.1. The number of ether oxygens (including phenoxy) is 1. The Labute approximate surface area is 176 Å². The van der Waals surface area contributed by atoms with E-state index in [0.717, 1.165) is 27.8 Å². The second-order valence-corrected chi connectivity index (χ2v) is 10.0. The highest BCUT2D eigenvalue weighted by Gasteiger charge is 2.22. The molecule has 0 aromatic heterocycles. The van der Waals surface area contributed by atoms with Crippen LogP contribution in [0.1, 0.15) is 47.6 Å². The van der Waals surface area contributed by atoms with E-state index in [1.807, 2.05) is 39.8 Å². The van der Waals surface area contributed by atoms with Crippen molar-refractivity contribution in [1.29, 1.82) is 0 Å². The predicted octanol–water partition coefficient (Wildman–Crippen LogP) is 5.76. The standard InChI is InChI=1S/C19H23Br2O5P/c1-10(2)14-7-13(5-6-16(14)22)8-15-11(3)17(20)19(18(21)12(15)4)26-9-27(23,24)25/h5-7,10,22H,8-9H2,1-4H3,(H2,23,24,25). The Bertz CT molecular complexity index is 876. The Hall–Kier alpha value is -0.850. The Morgan fingerprint density at radius 1 is 1.11 bits per heavy atom. The van der Waals surface area contributed by atoms with E-state index >= 15 is 0 Å². The first-order chi connectivity index (χ1) is 12.4. The molecule has 2 aromatic rings. The smallest absolute Gasteiger partial charge is 0.362 e. The molecular formula is C19H23Br2O5P. The molecule has 3 N–H and O–H groups in total. The fraction of sp³-hybridized carbons (Fsp3) is 0.368. The van der Waals surface area contributed by atoms with E-state index in [0.29, 0.717) is 26.9 Å². The minimum Gasteiger partial charge on any atom is -0.508 e. The van der Waals surface area contributed by atoms with Gasteiger partial charge in [-0.3, -0.25) is 4.57 Å². The van der Waals surface area contributed by atoms with Crippen molar-refractivity contribution in [2.75, 3.05) is 6.35 Å². The number of benzene rings is 2. The summed E-state index contributed by atoms with van der Waals surface area (Å²) < 4.78 is 17.8. The molecule has 0 spiro atoms. The molecule has 0 unspecified atom stereocenters. The minimum atomic E-state index is -4.28. The van der Waals surface area contributed by atoms with Crippen molar-refractivity contribution in [2.45, 2.75) is 40.0 Å². The average Bonchev–Trinajstić information content (AvgIpc) is 2.57. The van der Waals surface area contributed by atoms with Crippen LogP contribution < -0.4 is 4.74 Å². The molecule has 0 bridgehead atoms. The molecule has 0 radical (unpaired) electrons. The van der Waals surface area contributed by atoms with Gasteiger partial charge in [-0.25, -0.2) is 0 Å². The lowest BCUT2D eigenvalue weighted by atomic mass is 9.93. The number of aromatic hydroxyl groups is 1. The summed E-state index contributed by atoms with van der Waals surface area (Å²) in [5, 5.41) is 10.0. The van der Waals surface area contributed by atoms with Gasteiger partial charge in [-0.15, -0.1) is 0 Å². The minimum absolute atomic E-state index is 0.217. The number of hydrogen-bond acceptors (Lipinski definition) is 3. The lowest BCUT2D eigenvalue weighted by molar-refractivity contribution is 0.298. The van der Waals surface area contributed by atoms with Gasteiger partial charge in [-0.2, -0.15) is 0 Å². The van der Waals surface area contributed by atoms with Gasteiger partial charge in [0.2, 0.25) is 0 Å². The monoisotopic (exact) mass is 520 g/mol. The van der Waals surface area contributed by atoms with Gasteiger partial charge in [0, 0.05) is 0 Å². The molecule has 0 heterocycles. The SMILES string of the molecule is Cc1c(Br)c(OCP(=O)(O)O)c(Br)c(C)c1Cc1ccc(O)c(C(C)C)c1. The normalized spacial score (nSPS) is 11.9. The van der Waals surface area contributed by atoms with E-state index in [9.17, 15) is 9.67 Å². The first-order valence-electron chi connectivity index (χ1n) is 8.38. The Kier molecular flexibility index (Phi) is 7.20. The van der Waals surface area contributed by atoms with Crippen molar-refractivity contribution in [3.63, 3.8) is 0 Å². The molecule has 0 fully saturated rings. The first-order valence-corrected chi connectivity index (χ1v) is 11.8. The zero-order valence-electron chi connectivity index (χ0n) is 15.6. The Morgan fingerprint density at radius 3 is 2.15 bits per heavy atom. The van der Waals surface area contributed by atoms with Crippen molar-refractivity contribution in [2.24, 2.45) is 0 Å². The quantitative estimate of drug-likeness (QED) is 0.420. The third-order valence-electron chi connectivity index (χ3n) is 4.43. The summed E-state index contributed by atoms with van der Waals surface area (Å²) >= 11 is 7.00. The van der Waals surface area contributed by atoms with Crippen molar-refractivity contribution in [3.8, 4) is 11.5 Å². The second-order valence-electron chi connectivity index (χ2n) is 6.85. The molecule has 0 aliphatic rings. The highest BCUT2D eigenvalue weighted by Crippen LogP contribution is 2.44. The van der Waals surface area contributed by atoms with Gasteiger partial charge in [-0.05, 0) is 91.9 Å². The van der Waals surface area contributed by atoms with Crippen molar-refractivity contribution in [3.05, 3.63) is 55.0 Å². The number of halogens is 2. The molecule has 0 atom stereocenters. The maximum Gasteiger partial charge on any atom is 0.362 e. The number of hydrogen-bond donors (Lipinski definition) is 3. The zero-order valence-corrected chi connectivity index (χ0v) is 19.7. The molecule has 0 amide bonds. The summed E-state index contributed by atoms with van der Waals surface area (Å²) in [6.45, 7) is 7.95. The van der Waals surface area contributed by atoms with E-state index in [4.69, 9.17) is 14.5 Å². The summed E-state index contributed by atoms with van der Waals surface area (Å²) in [7, 11) is -4.28. The van der Waals surface area contributed by atoms with E-state index in [1.54, 1.807) is 6.07 Å². The number of phenolic OH excluding ortho intramolecular Hbond substituents is 1. The topological polar surface area (TPSA) is 87.0 Å². The summed E-state index contributed by atoms with van der Waals surface area (Å²) in [6, 6.07) is 5.63. The molecule has 2 aromatic carbocycles. The summed E-state index contributed by atoms with van der Waals surface area (Å²) in [4.78, 5) is 18.2. The van der Waals surface area contributed by atoms with Gasteiger partial charge in [0.05, 0.1) is 8.95 Å². The van der Waals surface area contributed by atoms with Gasteiger partial charge in [0.1, 0.15) is 11.5 Å². The van der Waals surface area contributed by atoms with E-state index < -0.39 is 13.9 Å². The molecule has 0 saturated heterocycles. The molecule has 2 rings (SSSR count). The van der Waals surface area contributed by atoms with Crippen molar-refractivity contribution >= 4 is 39.5 Å². The first kappa shape index (κ1) is 22.4. The van der Waals surface area contributed by atoms with Gasteiger partial charge < -0.3 is 19.6 Å². The Balaban J connectivity index is 2.44. The van der Waals surface area contributed by atoms with Crippen LogP contribution in [-0.2, 0) is 11.0 Å². The third-order valence-corrected chi connectivity index (χ3v) is 6.81. The van der Waals surface area contributed by atoms with Crippen LogP contribution in [-0.4, -0.2) is 21.2 Å². The van der Waals surface area contributed by atoms with Gasteiger partial charge in [0.15, 0.2) is 6.35 Å². The zero-order chi connectivity index (χ0) is 20.5. The van der Waals surface area contributed by atoms with Crippen molar-refractivity contribution < 1.29 is 24.2 Å². The largest absolute Gasteiger partial charge is 0.508 e. The number of phenols is 1. The molecular weight excluding hydrogens is 499 g/mol. The molecule has 0 saturated carbocycles. The molecule has 5 nitrogen and oxygen atoms in total. The summed E-state index contributed by atoms with van der Waals surface area (Å²) in [5.74, 6) is 0.894. The van der Waals surface area contributed by atoms with Crippen molar-refractivity contribution in [1.82, 2.24) is 0 Å². The lowest BCUT2D eigenvalue weighted by Crippen LogP contribution is -2.05. The fourth-order valence-electron chi connectivity index (χ4n) is 2.90. The highest BCUT2D eigenvalue weighted by atomic mass is 79.9. The van der Waals surface area contributed by atoms with E-state index in [-0.39, 0.29) is 5.92 Å². The van der Waals surface area contributed by atoms with E-state index in [1.165, 1.54) is 0 Å². The van der Waals surface area contributed by atoms with Crippen LogP contribution in [0.4, 0.5) is 0 Å². The third kappa shape index (κ3) is 5.36. The van der Waals surface area contributed by atoms with Crippen LogP contribution in [0.2, 0.25) is 0 Å². The predicted molar refractivity (Wildman–Crippen MR) is 114 cm³/mol. The lowest BCUT2D eigenvalue weighted by Gasteiger charge is -2.20.